The average Bonchev–Trinajstić information content (AvgIpc) is 2.67. The Morgan fingerprint density at radius 2 is 1.70 bits per heavy atom. The van der Waals surface area contributed by atoms with Gasteiger partial charge in [-0.25, -0.2) is 13.8 Å². The van der Waals surface area contributed by atoms with Crippen LogP contribution in [0.3, 0.4) is 0 Å². The van der Waals surface area contributed by atoms with Gasteiger partial charge < -0.3 is 9.64 Å². The van der Waals surface area contributed by atoms with Gasteiger partial charge in [0.05, 0.1) is 41.5 Å². The molecule has 2 rings (SSSR count). The number of amides is 1. The number of nitrogens with zero attached hydrogens (tertiary/aromatic N) is 2. The molecule has 0 heterocycles. The molecule has 0 aliphatic rings. The summed E-state index contributed by atoms with van der Waals surface area (Å²) in [6.45, 7) is -0.312. The molecule has 2 aromatic rings. The van der Waals surface area contributed by atoms with Gasteiger partial charge in [0, 0.05) is 0 Å². The highest BCUT2D eigenvalue weighted by Crippen LogP contribution is 2.29. The first-order chi connectivity index (χ1) is 14.0. The monoisotopic (exact) mass is 473 g/mol. The average molecular weight is 474 g/mol. The topological polar surface area (TPSA) is 96.0 Å². The second kappa shape index (κ2) is 10.1. The van der Waals surface area contributed by atoms with Crippen molar-refractivity contribution in [3.8, 4) is 0 Å². The van der Waals surface area contributed by atoms with Crippen molar-refractivity contribution in [2.45, 2.75) is 6.54 Å². The number of nitrogens with one attached hydrogen (secondary N) is 1. The van der Waals surface area contributed by atoms with E-state index in [0.29, 0.717) is 5.56 Å². The number of likely N-dealkylation sites (N-methyl/N-ethyl adjacent to an activating group) is 1. The summed E-state index contributed by atoms with van der Waals surface area (Å²) in [6, 6.07) is 10.5. The molecule has 0 aliphatic carbocycles. The van der Waals surface area contributed by atoms with Crippen LogP contribution in [-0.2, 0) is 26.3 Å². The summed E-state index contributed by atoms with van der Waals surface area (Å²) in [7, 11) is 0.227. The van der Waals surface area contributed by atoms with E-state index in [1.807, 2.05) is 4.72 Å². The van der Waals surface area contributed by atoms with Crippen LogP contribution in [0.2, 0.25) is 10.0 Å². The van der Waals surface area contributed by atoms with Crippen molar-refractivity contribution in [3.63, 3.8) is 0 Å². The third-order valence-electron chi connectivity index (χ3n) is 3.91. The lowest BCUT2D eigenvalue weighted by Gasteiger charge is -2.25. The molecule has 0 unspecified atom stereocenters. The molecule has 2 aromatic carbocycles. The largest absolute Gasteiger partial charge is 0.465 e. The summed E-state index contributed by atoms with van der Waals surface area (Å²) in [6.07, 6.45) is 0. The minimum Gasteiger partial charge on any atom is -0.465 e. The van der Waals surface area contributed by atoms with E-state index in [1.165, 1.54) is 36.3 Å². The van der Waals surface area contributed by atoms with Crippen molar-refractivity contribution >= 4 is 51.0 Å². The number of hydrogen-bond acceptors (Lipinski definition) is 6. The summed E-state index contributed by atoms with van der Waals surface area (Å²) < 4.78 is 33.7. The summed E-state index contributed by atoms with van der Waals surface area (Å²) >= 11 is 12.3. The van der Waals surface area contributed by atoms with Gasteiger partial charge in [0.2, 0.25) is 5.91 Å². The maximum absolute atomic E-state index is 13.0. The van der Waals surface area contributed by atoms with Crippen LogP contribution in [-0.4, -0.2) is 52.9 Å². The van der Waals surface area contributed by atoms with Gasteiger partial charge in [-0.15, -0.1) is 0 Å². The van der Waals surface area contributed by atoms with Gasteiger partial charge in [-0.05, 0) is 50.0 Å². The van der Waals surface area contributed by atoms with Crippen molar-refractivity contribution in [2.24, 2.45) is 0 Å². The maximum atomic E-state index is 13.0. The van der Waals surface area contributed by atoms with E-state index < -0.39 is 22.1 Å². The van der Waals surface area contributed by atoms with E-state index in [0.717, 1.165) is 4.31 Å². The molecule has 11 heteroatoms. The van der Waals surface area contributed by atoms with Crippen LogP contribution in [0.1, 0.15) is 15.9 Å². The zero-order chi connectivity index (χ0) is 22.5. The lowest BCUT2D eigenvalue weighted by Crippen LogP contribution is -2.46. The zero-order valence-electron chi connectivity index (χ0n) is 16.6. The van der Waals surface area contributed by atoms with Gasteiger partial charge in [-0.2, -0.15) is 8.42 Å². The summed E-state index contributed by atoms with van der Waals surface area (Å²) in [5, 5.41) is 0.467. The Hall–Kier alpha value is -2.33. The molecule has 0 aromatic heterocycles. The Bertz CT molecular complexity index is 1030. The second-order valence-corrected chi connectivity index (χ2v) is 8.91. The molecule has 1 amide bonds. The molecular weight excluding hydrogens is 453 g/mol. The Labute approximate surface area is 185 Å². The third kappa shape index (κ3) is 6.09. The highest BCUT2D eigenvalue weighted by atomic mass is 35.5. The van der Waals surface area contributed by atoms with Crippen LogP contribution in [0.4, 0.5) is 5.69 Å². The number of rotatable bonds is 8. The van der Waals surface area contributed by atoms with E-state index in [1.54, 1.807) is 32.3 Å². The fourth-order valence-electron chi connectivity index (χ4n) is 2.54. The van der Waals surface area contributed by atoms with Crippen LogP contribution < -0.4 is 9.03 Å². The van der Waals surface area contributed by atoms with Gasteiger partial charge in [-0.3, -0.25) is 4.79 Å². The van der Waals surface area contributed by atoms with Gasteiger partial charge >= 0.3 is 16.2 Å². The van der Waals surface area contributed by atoms with Crippen LogP contribution in [0, 0.1) is 0 Å². The number of carbonyl (C=O) groups excluding carboxylic acids is 2. The lowest BCUT2D eigenvalue weighted by molar-refractivity contribution is -0.119. The zero-order valence-corrected chi connectivity index (χ0v) is 18.9. The van der Waals surface area contributed by atoms with Crippen molar-refractivity contribution in [3.05, 3.63) is 63.6 Å². The van der Waals surface area contributed by atoms with E-state index in [-0.39, 0.29) is 34.4 Å². The van der Waals surface area contributed by atoms with Crippen LogP contribution in [0.5, 0.6) is 0 Å². The number of esters is 1. The maximum Gasteiger partial charge on any atom is 0.337 e. The SMILES string of the molecule is COC(=O)c1ccc(N(Cc2cccc(Cl)c2Cl)S(=O)(=O)NC(=O)CN(C)C)cc1. The number of hydrogen-bond donors (Lipinski definition) is 1. The Kier molecular flexibility index (Phi) is 8.08. The molecular formula is C19H21Cl2N3O5S. The third-order valence-corrected chi connectivity index (χ3v) is 6.18. The van der Waals surface area contributed by atoms with Crippen molar-refractivity contribution in [1.29, 1.82) is 0 Å². The van der Waals surface area contributed by atoms with E-state index in [4.69, 9.17) is 23.2 Å². The number of ether oxygens (including phenoxy) is 1. The quantitative estimate of drug-likeness (QED) is 0.592. The molecule has 0 fully saturated rings. The fraction of sp³-hybridized carbons (Fsp3) is 0.263. The number of anilines is 1. The molecule has 0 saturated carbocycles. The molecule has 1 N–H and O–H groups in total. The predicted molar refractivity (Wildman–Crippen MR) is 116 cm³/mol. The summed E-state index contributed by atoms with van der Waals surface area (Å²) in [4.78, 5) is 25.3. The van der Waals surface area contributed by atoms with E-state index >= 15 is 0 Å². The second-order valence-electron chi connectivity index (χ2n) is 6.53. The molecule has 8 nitrogen and oxygen atoms in total. The predicted octanol–water partition coefficient (Wildman–Crippen LogP) is 2.71. The molecule has 0 radical (unpaired) electrons. The number of carbonyl (C=O) groups is 2. The fourth-order valence-corrected chi connectivity index (χ4v) is 4.09. The minimum absolute atomic E-state index is 0.119. The number of benzene rings is 2. The standard InChI is InChI=1S/C19H21Cl2N3O5S/c1-23(2)12-17(25)22-30(27,28)24(11-14-5-4-6-16(20)18(14)21)15-9-7-13(8-10-15)19(26)29-3/h4-10H,11-12H2,1-3H3,(H,22,25). The molecule has 0 bridgehead atoms. The van der Waals surface area contributed by atoms with Crippen LogP contribution >= 0.6 is 23.2 Å². The Balaban J connectivity index is 2.45. The van der Waals surface area contributed by atoms with Crippen molar-refractivity contribution < 1.29 is 22.7 Å². The highest BCUT2D eigenvalue weighted by molar-refractivity contribution is 7.91. The Morgan fingerprint density at radius 3 is 2.27 bits per heavy atom. The molecule has 0 spiro atoms. The first-order valence-electron chi connectivity index (χ1n) is 8.64. The van der Waals surface area contributed by atoms with Gasteiger partial charge in [0.1, 0.15) is 0 Å². The van der Waals surface area contributed by atoms with Gasteiger partial charge in [0.25, 0.3) is 0 Å². The molecule has 0 saturated heterocycles. The van der Waals surface area contributed by atoms with E-state index in [9.17, 15) is 18.0 Å². The number of methoxy groups -OCH3 is 1. The van der Waals surface area contributed by atoms with E-state index in [2.05, 4.69) is 4.74 Å². The molecule has 0 aliphatic heterocycles. The van der Waals surface area contributed by atoms with Gasteiger partial charge in [-0.1, -0.05) is 35.3 Å². The number of halogens is 2. The van der Waals surface area contributed by atoms with Crippen LogP contribution in [0.25, 0.3) is 0 Å². The first-order valence-corrected chi connectivity index (χ1v) is 10.8. The Morgan fingerprint density at radius 1 is 1.07 bits per heavy atom. The molecule has 162 valence electrons. The normalized spacial score (nSPS) is 11.3. The van der Waals surface area contributed by atoms with Crippen molar-refractivity contribution in [1.82, 2.24) is 9.62 Å². The van der Waals surface area contributed by atoms with Crippen molar-refractivity contribution in [2.75, 3.05) is 32.1 Å². The smallest absolute Gasteiger partial charge is 0.337 e. The van der Waals surface area contributed by atoms with Gasteiger partial charge in [0.15, 0.2) is 0 Å². The molecule has 30 heavy (non-hydrogen) atoms. The summed E-state index contributed by atoms with van der Waals surface area (Å²) in [5.41, 5.74) is 0.895. The van der Waals surface area contributed by atoms with Crippen LogP contribution in [0.15, 0.2) is 42.5 Å². The minimum atomic E-state index is -4.30. The first kappa shape index (κ1) is 23.9. The lowest BCUT2D eigenvalue weighted by atomic mass is 10.2. The highest BCUT2D eigenvalue weighted by Gasteiger charge is 2.26. The summed E-state index contributed by atoms with van der Waals surface area (Å²) in [5.74, 6) is -1.26. The molecule has 0 atom stereocenters.